The van der Waals surface area contributed by atoms with Crippen molar-refractivity contribution in [3.05, 3.63) is 0 Å². The molecule has 7 heavy (non-hydrogen) atoms. The van der Waals surface area contributed by atoms with Crippen LogP contribution in [0, 0.1) is 0 Å². The fourth-order valence-electron chi connectivity index (χ4n) is 0.123. The Morgan fingerprint density at radius 3 is 2.29 bits per heavy atom. The van der Waals surface area contributed by atoms with Gasteiger partial charge in [0.25, 0.3) is 0 Å². The normalized spacial score (nSPS) is 7.00. The third kappa shape index (κ3) is 10.8. The molecule has 0 fully saturated rings. The number of hydrogen-bond donors (Lipinski definition) is 1. The second-order valence-electron chi connectivity index (χ2n) is 0.827. The van der Waals surface area contributed by atoms with Crippen molar-refractivity contribution in [2.24, 2.45) is 0 Å². The molecule has 0 aromatic rings. The Balaban J connectivity index is 0. The van der Waals surface area contributed by atoms with Crippen molar-refractivity contribution in [3.63, 3.8) is 0 Å². The van der Waals surface area contributed by atoms with Gasteiger partial charge in [0.1, 0.15) is 0 Å². The van der Waals surface area contributed by atoms with Crippen molar-refractivity contribution >= 4 is 40.8 Å². The first kappa shape index (κ1) is 10.5. The first-order valence-corrected chi connectivity index (χ1v) is 2.87. The van der Waals surface area contributed by atoms with Crippen LogP contribution in [0.1, 0.15) is 0 Å². The SMILES string of the molecule is CSCC(=O)O.[MgH2]. The maximum atomic E-state index is 9.58. The number of aliphatic carboxylic acids is 1. The van der Waals surface area contributed by atoms with Crippen molar-refractivity contribution in [3.8, 4) is 0 Å². The van der Waals surface area contributed by atoms with Crippen LogP contribution >= 0.6 is 11.8 Å². The van der Waals surface area contributed by atoms with E-state index in [0.29, 0.717) is 0 Å². The van der Waals surface area contributed by atoms with Crippen LogP contribution in [0.5, 0.6) is 0 Å². The Morgan fingerprint density at radius 1 is 1.86 bits per heavy atom. The first-order valence-electron chi connectivity index (χ1n) is 1.48. The highest BCUT2D eigenvalue weighted by Crippen LogP contribution is 1.87. The Morgan fingerprint density at radius 2 is 2.29 bits per heavy atom. The molecule has 4 heteroatoms. The van der Waals surface area contributed by atoms with Crippen LogP contribution in [0.3, 0.4) is 0 Å². The molecule has 0 amide bonds. The summed E-state index contributed by atoms with van der Waals surface area (Å²) >= 11 is 1.31. The van der Waals surface area contributed by atoms with E-state index in [9.17, 15) is 4.79 Å². The quantitative estimate of drug-likeness (QED) is 0.516. The van der Waals surface area contributed by atoms with E-state index >= 15 is 0 Å². The molecule has 0 aliphatic heterocycles. The summed E-state index contributed by atoms with van der Waals surface area (Å²) in [6.07, 6.45) is 1.76. The standard InChI is InChI=1S/C3H6O2S.Mg.2H/c1-6-2-3(4)5;;;/h2H2,1H3,(H,4,5);;;. The Bertz CT molecular complexity index is 56.9. The molecule has 0 saturated carbocycles. The van der Waals surface area contributed by atoms with Crippen LogP contribution in [0.4, 0.5) is 0 Å². The van der Waals surface area contributed by atoms with Crippen molar-refractivity contribution in [1.29, 1.82) is 0 Å². The molecule has 0 heterocycles. The lowest BCUT2D eigenvalue weighted by Crippen LogP contribution is -1.95. The van der Waals surface area contributed by atoms with Gasteiger partial charge in [-0.25, -0.2) is 0 Å². The average molecular weight is 132 g/mol. The Kier molecular flexibility index (Phi) is 9.92. The van der Waals surface area contributed by atoms with Gasteiger partial charge in [-0.15, -0.1) is 0 Å². The van der Waals surface area contributed by atoms with Crippen LogP contribution in [-0.2, 0) is 4.79 Å². The predicted octanol–water partition coefficient (Wildman–Crippen LogP) is -0.482. The van der Waals surface area contributed by atoms with E-state index < -0.39 is 5.97 Å². The number of carboxylic acids is 1. The van der Waals surface area contributed by atoms with Crippen molar-refractivity contribution in [2.75, 3.05) is 12.0 Å². The Hall–Kier alpha value is 0.586. The molecule has 0 saturated heterocycles. The maximum absolute atomic E-state index is 9.58. The third-order valence-corrected chi connectivity index (χ3v) is 0.803. The van der Waals surface area contributed by atoms with Crippen LogP contribution in [-0.4, -0.2) is 46.1 Å². The van der Waals surface area contributed by atoms with Gasteiger partial charge in [0, 0.05) is 0 Å². The summed E-state index contributed by atoms with van der Waals surface area (Å²) in [5.41, 5.74) is 0. The smallest absolute Gasteiger partial charge is 0.316 e. The van der Waals surface area contributed by atoms with E-state index in [-0.39, 0.29) is 28.8 Å². The van der Waals surface area contributed by atoms with Crippen LogP contribution < -0.4 is 0 Å². The molecule has 40 valence electrons. The van der Waals surface area contributed by atoms with Gasteiger partial charge >= 0.3 is 29.0 Å². The van der Waals surface area contributed by atoms with Crippen LogP contribution in [0.25, 0.3) is 0 Å². The molecular formula is C3H8MgO2S. The monoisotopic (exact) mass is 132 g/mol. The van der Waals surface area contributed by atoms with Gasteiger partial charge in [-0.2, -0.15) is 11.8 Å². The highest BCUT2D eigenvalue weighted by atomic mass is 32.2. The lowest BCUT2D eigenvalue weighted by Gasteiger charge is -1.80. The molecule has 1 N–H and O–H groups in total. The minimum Gasteiger partial charge on any atom is -0.481 e. The molecule has 0 bridgehead atoms. The Labute approximate surface area is 62.8 Å². The van der Waals surface area contributed by atoms with E-state index in [4.69, 9.17) is 5.11 Å². The fraction of sp³-hybridized carbons (Fsp3) is 0.667. The molecule has 0 atom stereocenters. The van der Waals surface area contributed by atoms with Crippen molar-refractivity contribution in [1.82, 2.24) is 0 Å². The molecule has 0 radical (unpaired) electrons. The number of thioether (sulfide) groups is 1. The highest BCUT2D eigenvalue weighted by molar-refractivity contribution is 7.99. The molecular weight excluding hydrogens is 124 g/mol. The van der Waals surface area contributed by atoms with Gasteiger partial charge in [-0.05, 0) is 6.26 Å². The van der Waals surface area contributed by atoms with E-state index in [0.717, 1.165) is 0 Å². The van der Waals surface area contributed by atoms with Crippen LogP contribution in [0.2, 0.25) is 0 Å². The minimum absolute atomic E-state index is 0. The predicted molar refractivity (Wildman–Crippen MR) is 34.6 cm³/mol. The molecule has 0 aliphatic rings. The molecule has 0 aromatic carbocycles. The first-order chi connectivity index (χ1) is 2.77. The molecule has 2 nitrogen and oxygen atoms in total. The topological polar surface area (TPSA) is 37.3 Å². The summed E-state index contributed by atoms with van der Waals surface area (Å²) in [6, 6.07) is 0. The van der Waals surface area contributed by atoms with Crippen molar-refractivity contribution < 1.29 is 9.90 Å². The lowest BCUT2D eigenvalue weighted by atomic mass is 10.8. The van der Waals surface area contributed by atoms with Gasteiger partial charge < -0.3 is 5.11 Å². The summed E-state index contributed by atoms with van der Waals surface area (Å²) in [5, 5.41) is 7.89. The molecule has 0 unspecified atom stereocenters. The zero-order chi connectivity index (χ0) is 4.99. The summed E-state index contributed by atoms with van der Waals surface area (Å²) in [5.74, 6) is -0.539. The summed E-state index contributed by atoms with van der Waals surface area (Å²) in [4.78, 5) is 9.58. The van der Waals surface area contributed by atoms with E-state index in [1.807, 2.05) is 0 Å². The number of rotatable bonds is 2. The summed E-state index contributed by atoms with van der Waals surface area (Å²) in [7, 11) is 0. The van der Waals surface area contributed by atoms with Gasteiger partial charge in [0.2, 0.25) is 0 Å². The number of hydrogen-bond acceptors (Lipinski definition) is 2. The zero-order valence-electron chi connectivity index (χ0n) is 3.47. The molecule has 0 rings (SSSR count). The zero-order valence-corrected chi connectivity index (χ0v) is 4.29. The molecule has 0 aliphatic carbocycles. The molecule has 0 aromatic heterocycles. The van der Waals surface area contributed by atoms with Crippen molar-refractivity contribution in [2.45, 2.75) is 0 Å². The van der Waals surface area contributed by atoms with E-state index in [1.54, 1.807) is 6.26 Å². The summed E-state index contributed by atoms with van der Waals surface area (Å²) < 4.78 is 0. The van der Waals surface area contributed by atoms with Gasteiger partial charge in [-0.3, -0.25) is 4.79 Å². The van der Waals surface area contributed by atoms with Gasteiger partial charge in [0.15, 0.2) is 0 Å². The summed E-state index contributed by atoms with van der Waals surface area (Å²) in [6.45, 7) is 0. The van der Waals surface area contributed by atoms with E-state index in [2.05, 4.69) is 0 Å². The second-order valence-corrected chi connectivity index (χ2v) is 1.69. The largest absolute Gasteiger partial charge is 0.481 e. The lowest BCUT2D eigenvalue weighted by molar-refractivity contribution is -0.133. The highest BCUT2D eigenvalue weighted by Gasteiger charge is 1.87. The van der Waals surface area contributed by atoms with Gasteiger partial charge in [-0.1, -0.05) is 0 Å². The minimum atomic E-state index is -0.748. The number of carboxylic acid groups (broad SMARTS) is 1. The van der Waals surface area contributed by atoms with E-state index in [1.165, 1.54) is 11.8 Å². The van der Waals surface area contributed by atoms with Crippen LogP contribution in [0.15, 0.2) is 0 Å². The molecule has 0 spiro atoms. The fourth-order valence-corrected chi connectivity index (χ4v) is 0.370. The maximum Gasteiger partial charge on any atom is 0.316 e. The number of carbonyl (C=O) groups is 1. The second kappa shape index (κ2) is 6.59. The average Bonchev–Trinajstić information content (AvgIpc) is 1.35. The van der Waals surface area contributed by atoms with Gasteiger partial charge in [0.05, 0.1) is 5.75 Å². The third-order valence-electron chi connectivity index (χ3n) is 0.268.